The minimum Gasteiger partial charge on any atom is -0.320 e. The molecule has 7 nitrogen and oxygen atoms in total. The van der Waals surface area contributed by atoms with Gasteiger partial charge in [-0.15, -0.1) is 6.58 Å². The molecule has 0 saturated carbocycles. The molecule has 0 aliphatic heterocycles. The number of hydrogen-bond donors (Lipinski definition) is 0. The normalized spacial score (nSPS) is 10.8. The van der Waals surface area contributed by atoms with Crippen molar-refractivity contribution in [2.75, 3.05) is 0 Å². The first kappa shape index (κ1) is 19.1. The number of hydrogen-bond acceptors (Lipinski definition) is 4. The van der Waals surface area contributed by atoms with Gasteiger partial charge >= 0.3 is 5.69 Å². The summed E-state index contributed by atoms with van der Waals surface area (Å²) < 4.78 is 17.4. The molecule has 2 aromatic carbocycles. The number of aromatic nitrogens is 4. The Hall–Kier alpha value is -4.25. The minimum atomic E-state index is -0.587. The summed E-state index contributed by atoms with van der Waals surface area (Å²) in [5.41, 5.74) is 1.02. The van der Waals surface area contributed by atoms with E-state index in [1.807, 2.05) is 6.07 Å². The average Bonchev–Trinajstić information content (AvgIpc) is 3.16. The van der Waals surface area contributed by atoms with E-state index in [0.717, 1.165) is 10.1 Å². The highest BCUT2D eigenvalue weighted by Gasteiger charge is 2.19. The zero-order chi connectivity index (χ0) is 21.3. The predicted molar refractivity (Wildman–Crippen MR) is 110 cm³/mol. The third kappa shape index (κ3) is 3.22. The van der Waals surface area contributed by atoms with Crippen molar-refractivity contribution in [2.45, 2.75) is 13.1 Å². The van der Waals surface area contributed by atoms with Crippen molar-refractivity contribution in [3.63, 3.8) is 0 Å². The topological polar surface area (TPSA) is 85.6 Å². The van der Waals surface area contributed by atoms with Crippen molar-refractivity contribution in [1.29, 1.82) is 5.26 Å². The van der Waals surface area contributed by atoms with Gasteiger partial charge in [-0.2, -0.15) is 5.26 Å². The van der Waals surface area contributed by atoms with E-state index in [0.29, 0.717) is 11.3 Å². The first-order valence-electron chi connectivity index (χ1n) is 9.10. The number of imidazole rings is 1. The van der Waals surface area contributed by atoms with Gasteiger partial charge in [0.25, 0.3) is 5.56 Å². The fourth-order valence-corrected chi connectivity index (χ4v) is 3.35. The number of benzene rings is 2. The first-order chi connectivity index (χ1) is 14.5. The molecule has 8 heteroatoms. The van der Waals surface area contributed by atoms with Gasteiger partial charge < -0.3 is 4.57 Å². The maximum atomic E-state index is 13.4. The van der Waals surface area contributed by atoms with E-state index in [9.17, 15) is 14.0 Å². The second-order valence-corrected chi connectivity index (χ2v) is 6.66. The molecule has 4 rings (SSSR count). The van der Waals surface area contributed by atoms with Crippen LogP contribution in [0.3, 0.4) is 0 Å². The number of fused-ring (bicyclic) bond motifs is 1. The molecule has 2 heterocycles. The molecular weight excluding hydrogens is 385 g/mol. The van der Waals surface area contributed by atoms with Gasteiger partial charge in [-0.1, -0.05) is 18.2 Å². The molecule has 0 bridgehead atoms. The van der Waals surface area contributed by atoms with Crippen molar-refractivity contribution in [3.05, 3.63) is 105 Å². The lowest BCUT2D eigenvalue weighted by atomic mass is 10.1. The second kappa shape index (κ2) is 7.64. The molecular formula is C22H16FN5O2. The highest BCUT2D eigenvalue weighted by Crippen LogP contribution is 2.15. The summed E-state index contributed by atoms with van der Waals surface area (Å²) in [5.74, 6) is -0.439. The van der Waals surface area contributed by atoms with Gasteiger partial charge in [0.15, 0.2) is 11.2 Å². The lowest BCUT2D eigenvalue weighted by molar-refractivity contribution is 0.626. The summed E-state index contributed by atoms with van der Waals surface area (Å²) in [7, 11) is 0. The smallest absolute Gasteiger partial charge is 0.320 e. The van der Waals surface area contributed by atoms with Crippen LogP contribution in [0.5, 0.6) is 0 Å². The van der Waals surface area contributed by atoms with Gasteiger partial charge in [0.05, 0.1) is 23.6 Å². The second-order valence-electron chi connectivity index (χ2n) is 6.66. The van der Waals surface area contributed by atoms with Crippen molar-refractivity contribution in [3.8, 4) is 11.8 Å². The molecule has 0 amide bonds. The van der Waals surface area contributed by atoms with E-state index in [1.165, 1.54) is 41.2 Å². The van der Waals surface area contributed by atoms with E-state index in [4.69, 9.17) is 5.26 Å². The predicted octanol–water partition coefficient (Wildman–Crippen LogP) is 2.59. The highest BCUT2D eigenvalue weighted by atomic mass is 19.1. The Kier molecular flexibility index (Phi) is 4.86. The number of nitrogens with zero attached hydrogens (tertiary/aromatic N) is 5. The molecule has 2 aromatic heterocycles. The molecule has 0 aliphatic carbocycles. The van der Waals surface area contributed by atoms with Crippen LogP contribution < -0.4 is 11.2 Å². The Morgan fingerprint density at radius 2 is 1.93 bits per heavy atom. The fraction of sp³-hybridized carbons (Fsp3) is 0.0909. The molecule has 0 aliphatic rings. The molecule has 4 aromatic rings. The standard InChI is InChI=1S/C22H16FN5O2/c1-2-10-27-21(29)19-20(28(22(27)30)18-8-6-17(23)7-9-18)25-14-26(19)13-16-5-3-4-15(11-16)12-24/h2-9,11,14H,1,10,13H2. The molecule has 0 saturated heterocycles. The van der Waals surface area contributed by atoms with Gasteiger partial charge in [-0.05, 0) is 42.0 Å². The van der Waals surface area contributed by atoms with E-state index in [1.54, 1.807) is 22.8 Å². The van der Waals surface area contributed by atoms with Gasteiger partial charge in [-0.3, -0.25) is 9.36 Å². The molecule has 148 valence electrons. The lowest BCUT2D eigenvalue weighted by Gasteiger charge is -2.12. The summed E-state index contributed by atoms with van der Waals surface area (Å²) in [5, 5.41) is 9.12. The van der Waals surface area contributed by atoms with Crippen LogP contribution in [0.25, 0.3) is 16.9 Å². The zero-order valence-corrected chi connectivity index (χ0v) is 15.8. The molecule has 0 radical (unpaired) electrons. The Labute approximate surface area is 170 Å². The third-order valence-electron chi connectivity index (χ3n) is 4.71. The van der Waals surface area contributed by atoms with Crippen LogP contribution in [0.4, 0.5) is 4.39 Å². The fourth-order valence-electron chi connectivity index (χ4n) is 3.35. The summed E-state index contributed by atoms with van der Waals surface area (Å²) >= 11 is 0. The maximum absolute atomic E-state index is 13.4. The monoisotopic (exact) mass is 401 g/mol. The van der Waals surface area contributed by atoms with E-state index in [2.05, 4.69) is 17.6 Å². The maximum Gasteiger partial charge on any atom is 0.337 e. The van der Waals surface area contributed by atoms with E-state index >= 15 is 0 Å². The largest absolute Gasteiger partial charge is 0.337 e. The molecule has 0 unspecified atom stereocenters. The summed E-state index contributed by atoms with van der Waals surface area (Å²) in [6.07, 6.45) is 2.93. The molecule has 0 spiro atoms. The average molecular weight is 401 g/mol. The molecule has 0 atom stereocenters. The van der Waals surface area contributed by atoms with Gasteiger partial charge in [0, 0.05) is 13.1 Å². The number of rotatable bonds is 5. The van der Waals surface area contributed by atoms with Crippen molar-refractivity contribution >= 4 is 11.2 Å². The van der Waals surface area contributed by atoms with Crippen molar-refractivity contribution in [1.82, 2.24) is 18.7 Å². The van der Waals surface area contributed by atoms with Crippen LogP contribution in [0.2, 0.25) is 0 Å². The van der Waals surface area contributed by atoms with Crippen LogP contribution in [0.15, 0.2) is 77.1 Å². The summed E-state index contributed by atoms with van der Waals surface area (Å²) in [6.45, 7) is 3.93. The van der Waals surface area contributed by atoms with Gasteiger partial charge in [-0.25, -0.2) is 18.7 Å². The number of halogens is 1. The quantitative estimate of drug-likeness (QED) is 0.481. The van der Waals surface area contributed by atoms with Crippen LogP contribution >= 0.6 is 0 Å². The van der Waals surface area contributed by atoms with Crippen molar-refractivity contribution < 1.29 is 4.39 Å². The Morgan fingerprint density at radius 3 is 2.63 bits per heavy atom. The summed E-state index contributed by atoms with van der Waals surface area (Å²) in [4.78, 5) is 30.4. The molecule has 30 heavy (non-hydrogen) atoms. The van der Waals surface area contributed by atoms with Crippen molar-refractivity contribution in [2.24, 2.45) is 0 Å². The van der Waals surface area contributed by atoms with Gasteiger partial charge in [0.1, 0.15) is 5.82 Å². The highest BCUT2D eigenvalue weighted by molar-refractivity contribution is 5.72. The SMILES string of the molecule is C=CCn1c(=O)c2c(ncn2Cc2cccc(C#N)c2)n(-c2ccc(F)cc2)c1=O. The molecule has 0 fully saturated rings. The Balaban J connectivity index is 1.98. The zero-order valence-electron chi connectivity index (χ0n) is 15.8. The Morgan fingerprint density at radius 1 is 1.17 bits per heavy atom. The lowest BCUT2D eigenvalue weighted by Crippen LogP contribution is -2.39. The third-order valence-corrected chi connectivity index (χ3v) is 4.71. The first-order valence-corrected chi connectivity index (χ1v) is 9.10. The van der Waals surface area contributed by atoms with Gasteiger partial charge in [0.2, 0.25) is 0 Å². The number of nitriles is 1. The van der Waals surface area contributed by atoms with E-state index in [-0.39, 0.29) is 24.3 Å². The number of allylic oxidation sites excluding steroid dienone is 1. The van der Waals surface area contributed by atoms with E-state index < -0.39 is 17.1 Å². The summed E-state index contributed by atoms with van der Waals surface area (Å²) in [6, 6.07) is 14.5. The molecule has 0 N–H and O–H groups in total. The van der Waals surface area contributed by atoms with Crippen LogP contribution in [0, 0.1) is 17.1 Å². The van der Waals surface area contributed by atoms with Crippen LogP contribution in [0.1, 0.15) is 11.1 Å². The van der Waals surface area contributed by atoms with Crippen LogP contribution in [-0.2, 0) is 13.1 Å². The Bertz CT molecular complexity index is 1420. The minimum absolute atomic E-state index is 0.0178. The van der Waals surface area contributed by atoms with Crippen LogP contribution in [-0.4, -0.2) is 18.7 Å².